The number of nitrogens with one attached hydrogen (secondary N) is 2. The van der Waals surface area contributed by atoms with Gasteiger partial charge in [-0.25, -0.2) is 4.79 Å². The molecule has 1 fully saturated rings. The molecule has 3 N–H and O–H groups in total. The number of benzene rings is 1. The predicted molar refractivity (Wildman–Crippen MR) is 77.0 cm³/mol. The summed E-state index contributed by atoms with van der Waals surface area (Å²) >= 11 is 0. The van der Waals surface area contributed by atoms with Crippen molar-refractivity contribution in [3.63, 3.8) is 0 Å². The van der Waals surface area contributed by atoms with Gasteiger partial charge in [0.2, 0.25) is 5.91 Å². The Kier molecular flexibility index (Phi) is 4.74. The number of amides is 1. The van der Waals surface area contributed by atoms with Gasteiger partial charge in [-0.3, -0.25) is 4.79 Å². The van der Waals surface area contributed by atoms with Crippen molar-refractivity contribution in [3.05, 3.63) is 29.3 Å². The summed E-state index contributed by atoms with van der Waals surface area (Å²) in [5, 5.41) is 15.1. The van der Waals surface area contributed by atoms with E-state index in [0.29, 0.717) is 11.3 Å². The summed E-state index contributed by atoms with van der Waals surface area (Å²) in [6, 6.07) is 4.76. The Morgan fingerprint density at radius 2 is 2.10 bits per heavy atom. The maximum atomic E-state index is 12.2. The minimum Gasteiger partial charge on any atom is -0.478 e. The molecule has 5 heteroatoms. The molecule has 1 aliphatic heterocycles. The summed E-state index contributed by atoms with van der Waals surface area (Å²) in [6.45, 7) is 2.59. The molecule has 1 aliphatic rings. The van der Waals surface area contributed by atoms with Gasteiger partial charge in [0.15, 0.2) is 0 Å². The minimum atomic E-state index is -0.980. The molecule has 0 bridgehead atoms. The molecule has 1 atom stereocenters. The van der Waals surface area contributed by atoms with Crippen molar-refractivity contribution < 1.29 is 14.7 Å². The molecule has 20 heavy (non-hydrogen) atoms. The quantitative estimate of drug-likeness (QED) is 0.790. The van der Waals surface area contributed by atoms with E-state index >= 15 is 0 Å². The van der Waals surface area contributed by atoms with Gasteiger partial charge in [0.25, 0.3) is 0 Å². The summed E-state index contributed by atoms with van der Waals surface area (Å²) < 4.78 is 0. The van der Waals surface area contributed by atoms with Gasteiger partial charge < -0.3 is 15.7 Å². The van der Waals surface area contributed by atoms with Gasteiger partial charge in [0, 0.05) is 5.69 Å². The van der Waals surface area contributed by atoms with E-state index in [2.05, 4.69) is 10.6 Å². The van der Waals surface area contributed by atoms with E-state index < -0.39 is 5.97 Å². The van der Waals surface area contributed by atoms with Crippen molar-refractivity contribution in [3.8, 4) is 0 Å². The zero-order chi connectivity index (χ0) is 14.5. The number of anilines is 1. The largest absolute Gasteiger partial charge is 0.478 e. The summed E-state index contributed by atoms with van der Waals surface area (Å²) in [7, 11) is 0. The lowest BCUT2D eigenvalue weighted by Gasteiger charge is -2.16. The maximum absolute atomic E-state index is 12.2. The summed E-state index contributed by atoms with van der Waals surface area (Å²) in [5.41, 5.74) is 1.43. The second-order valence-corrected chi connectivity index (χ2v) is 5.18. The minimum absolute atomic E-state index is 0.0907. The molecule has 5 nitrogen and oxygen atoms in total. The number of hydrogen-bond donors (Lipinski definition) is 3. The Balaban J connectivity index is 2.07. The SMILES string of the molecule is Cc1ccc(NC(=O)C2CCCCCN2)cc1C(=O)O. The lowest BCUT2D eigenvalue weighted by atomic mass is 10.1. The maximum Gasteiger partial charge on any atom is 0.336 e. The molecule has 0 aliphatic carbocycles. The predicted octanol–water partition coefficient (Wildman–Crippen LogP) is 2.16. The summed E-state index contributed by atoms with van der Waals surface area (Å²) in [4.78, 5) is 23.2. The molecule has 1 heterocycles. The van der Waals surface area contributed by atoms with E-state index in [9.17, 15) is 9.59 Å². The van der Waals surface area contributed by atoms with Crippen molar-refractivity contribution in [1.82, 2.24) is 5.32 Å². The first-order valence-corrected chi connectivity index (χ1v) is 6.96. The van der Waals surface area contributed by atoms with Gasteiger partial charge in [-0.2, -0.15) is 0 Å². The van der Waals surface area contributed by atoms with E-state index in [1.54, 1.807) is 19.1 Å². The van der Waals surface area contributed by atoms with Crippen LogP contribution in [-0.2, 0) is 4.79 Å². The third-order valence-corrected chi connectivity index (χ3v) is 3.61. The monoisotopic (exact) mass is 276 g/mol. The average Bonchev–Trinajstić information content (AvgIpc) is 2.69. The zero-order valence-corrected chi connectivity index (χ0v) is 11.6. The molecule has 1 unspecified atom stereocenters. The molecule has 2 rings (SSSR count). The fourth-order valence-corrected chi connectivity index (χ4v) is 2.41. The number of hydrogen-bond acceptors (Lipinski definition) is 3. The topological polar surface area (TPSA) is 78.4 Å². The molecule has 0 saturated carbocycles. The van der Waals surface area contributed by atoms with Crippen molar-refractivity contribution >= 4 is 17.6 Å². The molecule has 0 aromatic heterocycles. The van der Waals surface area contributed by atoms with E-state index in [1.165, 1.54) is 6.07 Å². The number of carbonyl (C=O) groups excluding carboxylic acids is 1. The number of aromatic carboxylic acids is 1. The molecule has 0 radical (unpaired) electrons. The van der Waals surface area contributed by atoms with Crippen molar-refractivity contribution in [2.24, 2.45) is 0 Å². The normalized spacial score (nSPS) is 19.1. The number of carboxylic acids is 1. The van der Waals surface area contributed by atoms with E-state index in [1.807, 2.05) is 0 Å². The molecule has 108 valence electrons. The van der Waals surface area contributed by atoms with Crippen molar-refractivity contribution in [2.45, 2.75) is 38.6 Å². The second-order valence-electron chi connectivity index (χ2n) is 5.18. The molecular formula is C15H20N2O3. The van der Waals surface area contributed by atoms with Gasteiger partial charge in [-0.15, -0.1) is 0 Å². The number of carbonyl (C=O) groups is 2. The first-order chi connectivity index (χ1) is 9.58. The molecule has 1 aromatic carbocycles. The van der Waals surface area contributed by atoms with Gasteiger partial charge in [-0.05, 0) is 44.0 Å². The standard InChI is InChI=1S/C15H20N2O3/c1-10-6-7-11(9-12(10)15(19)20)17-14(18)13-5-3-2-4-8-16-13/h6-7,9,13,16H,2-5,8H2,1H3,(H,17,18)(H,19,20). The van der Waals surface area contributed by atoms with Gasteiger partial charge in [-0.1, -0.05) is 18.9 Å². The highest BCUT2D eigenvalue weighted by Crippen LogP contribution is 2.17. The summed E-state index contributed by atoms with van der Waals surface area (Å²) in [5.74, 6) is -1.07. The Labute approximate surface area is 118 Å². The van der Waals surface area contributed by atoms with Gasteiger partial charge in [0.05, 0.1) is 11.6 Å². The highest BCUT2D eigenvalue weighted by molar-refractivity contribution is 5.97. The van der Waals surface area contributed by atoms with E-state index in [-0.39, 0.29) is 17.5 Å². The highest BCUT2D eigenvalue weighted by Gasteiger charge is 2.20. The van der Waals surface area contributed by atoms with Crippen LogP contribution in [0, 0.1) is 6.92 Å². The van der Waals surface area contributed by atoms with Crippen LogP contribution in [0.1, 0.15) is 41.6 Å². The zero-order valence-electron chi connectivity index (χ0n) is 11.6. The molecular weight excluding hydrogens is 256 g/mol. The lowest BCUT2D eigenvalue weighted by Crippen LogP contribution is -2.39. The number of carboxylic acid groups (broad SMARTS) is 1. The number of aryl methyl sites for hydroxylation is 1. The Bertz CT molecular complexity index is 506. The molecule has 1 saturated heterocycles. The van der Waals surface area contributed by atoms with Crippen LogP contribution in [-0.4, -0.2) is 29.6 Å². The van der Waals surface area contributed by atoms with E-state index in [0.717, 1.165) is 32.2 Å². The van der Waals surface area contributed by atoms with Gasteiger partial charge >= 0.3 is 5.97 Å². The van der Waals surface area contributed by atoms with Crippen LogP contribution in [0.25, 0.3) is 0 Å². The van der Waals surface area contributed by atoms with Crippen LogP contribution in [0.2, 0.25) is 0 Å². The van der Waals surface area contributed by atoms with Crippen LogP contribution >= 0.6 is 0 Å². The lowest BCUT2D eigenvalue weighted by molar-refractivity contribution is -0.118. The molecule has 1 amide bonds. The average molecular weight is 276 g/mol. The first kappa shape index (κ1) is 14.5. The smallest absolute Gasteiger partial charge is 0.336 e. The Hall–Kier alpha value is -1.88. The third-order valence-electron chi connectivity index (χ3n) is 3.61. The Morgan fingerprint density at radius 3 is 2.85 bits per heavy atom. The van der Waals surface area contributed by atoms with Crippen LogP contribution < -0.4 is 10.6 Å². The van der Waals surface area contributed by atoms with Crippen LogP contribution in [0.3, 0.4) is 0 Å². The second kappa shape index (κ2) is 6.52. The molecule has 0 spiro atoms. The fraction of sp³-hybridized carbons (Fsp3) is 0.467. The van der Waals surface area contributed by atoms with Crippen molar-refractivity contribution in [1.29, 1.82) is 0 Å². The van der Waals surface area contributed by atoms with Crippen molar-refractivity contribution in [2.75, 3.05) is 11.9 Å². The Morgan fingerprint density at radius 1 is 1.30 bits per heavy atom. The van der Waals surface area contributed by atoms with E-state index in [4.69, 9.17) is 5.11 Å². The molecule has 1 aromatic rings. The highest BCUT2D eigenvalue weighted by atomic mass is 16.4. The first-order valence-electron chi connectivity index (χ1n) is 6.96. The third kappa shape index (κ3) is 3.57. The number of rotatable bonds is 3. The van der Waals surface area contributed by atoms with Gasteiger partial charge in [0.1, 0.15) is 0 Å². The van der Waals surface area contributed by atoms with Crippen LogP contribution in [0.5, 0.6) is 0 Å². The van der Waals surface area contributed by atoms with Crippen LogP contribution in [0.4, 0.5) is 5.69 Å². The fourth-order valence-electron chi connectivity index (χ4n) is 2.41. The van der Waals surface area contributed by atoms with Crippen LogP contribution in [0.15, 0.2) is 18.2 Å². The summed E-state index contributed by atoms with van der Waals surface area (Å²) in [6.07, 6.45) is 4.10.